The molecule has 0 amide bonds. The van der Waals surface area contributed by atoms with Gasteiger partial charge in [-0.3, -0.25) is 4.68 Å². The van der Waals surface area contributed by atoms with Gasteiger partial charge < -0.3 is 0 Å². The van der Waals surface area contributed by atoms with Gasteiger partial charge in [-0.15, -0.1) is 0 Å². The fourth-order valence-electron chi connectivity index (χ4n) is 1.35. The van der Waals surface area contributed by atoms with Gasteiger partial charge in [0, 0.05) is 11.2 Å². The number of aryl methyl sites for hydroxylation is 1. The first kappa shape index (κ1) is 9.28. The predicted molar refractivity (Wildman–Crippen MR) is 57.5 cm³/mol. The van der Waals surface area contributed by atoms with Gasteiger partial charge >= 0.3 is 0 Å². The summed E-state index contributed by atoms with van der Waals surface area (Å²) in [6.45, 7) is 2.70. The van der Waals surface area contributed by atoms with E-state index in [9.17, 15) is 0 Å². The summed E-state index contributed by atoms with van der Waals surface area (Å²) in [5.74, 6) is 0. The highest BCUT2D eigenvalue weighted by molar-refractivity contribution is 6.31. The zero-order valence-corrected chi connectivity index (χ0v) is 8.70. The lowest BCUT2D eigenvalue weighted by molar-refractivity contribution is 0.679. The molecule has 0 N–H and O–H groups in total. The first-order chi connectivity index (χ1) is 6.75. The molecule has 1 aromatic heterocycles. The first-order valence-electron chi connectivity index (χ1n) is 4.49. The van der Waals surface area contributed by atoms with Crippen LogP contribution in [0.25, 0.3) is 0 Å². The van der Waals surface area contributed by atoms with Crippen molar-refractivity contribution in [3.05, 3.63) is 52.8 Å². The van der Waals surface area contributed by atoms with E-state index in [4.69, 9.17) is 11.6 Å². The van der Waals surface area contributed by atoms with E-state index >= 15 is 0 Å². The molecule has 0 spiro atoms. The monoisotopic (exact) mass is 206 g/mol. The van der Waals surface area contributed by atoms with Crippen LogP contribution in [-0.4, -0.2) is 9.78 Å². The van der Waals surface area contributed by atoms with Gasteiger partial charge in [0.25, 0.3) is 0 Å². The SMILES string of the molecule is Cc1ccn(Cc2ccccc2Cl)n1. The molecular weight excluding hydrogens is 196 g/mol. The zero-order valence-electron chi connectivity index (χ0n) is 7.94. The molecule has 0 bridgehead atoms. The molecule has 0 aliphatic carbocycles. The van der Waals surface area contributed by atoms with E-state index in [1.54, 1.807) is 0 Å². The molecule has 72 valence electrons. The van der Waals surface area contributed by atoms with Crippen molar-refractivity contribution in [2.24, 2.45) is 0 Å². The molecule has 0 aliphatic heterocycles. The Hall–Kier alpha value is -1.28. The quantitative estimate of drug-likeness (QED) is 0.739. The Morgan fingerprint density at radius 1 is 1.29 bits per heavy atom. The van der Waals surface area contributed by atoms with Crippen molar-refractivity contribution in [3.8, 4) is 0 Å². The molecular formula is C11H11ClN2. The second-order valence-corrected chi connectivity index (χ2v) is 3.65. The van der Waals surface area contributed by atoms with Gasteiger partial charge in [0.15, 0.2) is 0 Å². The Bertz CT molecular complexity index is 434. The fourth-order valence-corrected chi connectivity index (χ4v) is 1.55. The molecule has 0 saturated heterocycles. The molecule has 0 fully saturated rings. The first-order valence-corrected chi connectivity index (χ1v) is 4.87. The molecule has 0 atom stereocenters. The summed E-state index contributed by atoms with van der Waals surface area (Å²) in [4.78, 5) is 0. The maximum atomic E-state index is 6.04. The summed E-state index contributed by atoms with van der Waals surface area (Å²) in [6.07, 6.45) is 1.96. The van der Waals surface area contributed by atoms with Gasteiger partial charge in [0.05, 0.1) is 12.2 Å². The van der Waals surface area contributed by atoms with Crippen molar-refractivity contribution < 1.29 is 0 Å². The summed E-state index contributed by atoms with van der Waals surface area (Å²) in [5, 5.41) is 5.10. The molecule has 1 aromatic carbocycles. The third-order valence-corrected chi connectivity index (χ3v) is 2.43. The van der Waals surface area contributed by atoms with Crippen LogP contribution in [0.15, 0.2) is 36.5 Å². The average molecular weight is 207 g/mol. The third-order valence-electron chi connectivity index (χ3n) is 2.06. The number of rotatable bonds is 2. The maximum Gasteiger partial charge on any atom is 0.0673 e. The lowest BCUT2D eigenvalue weighted by atomic mass is 10.2. The second-order valence-electron chi connectivity index (χ2n) is 3.25. The van der Waals surface area contributed by atoms with Crippen molar-refractivity contribution in [1.29, 1.82) is 0 Å². The Labute approximate surface area is 88.1 Å². The lowest BCUT2D eigenvalue weighted by Crippen LogP contribution is -2.00. The van der Waals surface area contributed by atoms with Crippen molar-refractivity contribution in [2.75, 3.05) is 0 Å². The molecule has 0 aliphatic rings. The van der Waals surface area contributed by atoms with Crippen LogP contribution in [0.4, 0.5) is 0 Å². The van der Waals surface area contributed by atoms with E-state index < -0.39 is 0 Å². The van der Waals surface area contributed by atoms with Crippen LogP contribution in [-0.2, 0) is 6.54 Å². The summed E-state index contributed by atoms with van der Waals surface area (Å²) < 4.78 is 1.89. The van der Waals surface area contributed by atoms with Gasteiger partial charge in [-0.25, -0.2) is 0 Å². The standard InChI is InChI=1S/C11H11ClN2/c1-9-6-7-14(13-9)8-10-4-2-3-5-11(10)12/h2-7H,8H2,1H3. The Kier molecular flexibility index (Phi) is 2.55. The number of hydrogen-bond acceptors (Lipinski definition) is 1. The number of benzene rings is 1. The summed E-state index contributed by atoms with van der Waals surface area (Å²) >= 11 is 6.04. The molecule has 0 unspecified atom stereocenters. The van der Waals surface area contributed by atoms with E-state index in [-0.39, 0.29) is 0 Å². The largest absolute Gasteiger partial charge is 0.268 e. The van der Waals surface area contributed by atoms with Gasteiger partial charge in [0.2, 0.25) is 0 Å². The van der Waals surface area contributed by atoms with Gasteiger partial charge in [-0.1, -0.05) is 29.8 Å². The fraction of sp³-hybridized carbons (Fsp3) is 0.182. The van der Waals surface area contributed by atoms with Gasteiger partial charge in [-0.2, -0.15) is 5.10 Å². The third kappa shape index (κ3) is 1.96. The smallest absolute Gasteiger partial charge is 0.0673 e. The number of nitrogens with zero attached hydrogens (tertiary/aromatic N) is 2. The van der Waals surface area contributed by atoms with Crippen molar-refractivity contribution >= 4 is 11.6 Å². The highest BCUT2D eigenvalue weighted by Gasteiger charge is 2.00. The van der Waals surface area contributed by atoms with Crippen LogP contribution in [0.3, 0.4) is 0 Å². The van der Waals surface area contributed by atoms with E-state index in [1.165, 1.54) is 0 Å². The summed E-state index contributed by atoms with van der Waals surface area (Å²) in [7, 11) is 0. The van der Waals surface area contributed by atoms with Gasteiger partial charge in [-0.05, 0) is 24.6 Å². The topological polar surface area (TPSA) is 17.8 Å². The van der Waals surface area contributed by atoms with Crippen LogP contribution >= 0.6 is 11.6 Å². The predicted octanol–water partition coefficient (Wildman–Crippen LogP) is 2.89. The molecule has 0 radical (unpaired) electrons. The lowest BCUT2D eigenvalue weighted by Gasteiger charge is -2.03. The van der Waals surface area contributed by atoms with E-state index in [0.717, 1.165) is 22.8 Å². The molecule has 0 saturated carbocycles. The maximum absolute atomic E-state index is 6.04. The Morgan fingerprint density at radius 2 is 2.07 bits per heavy atom. The zero-order chi connectivity index (χ0) is 9.97. The van der Waals surface area contributed by atoms with E-state index in [0.29, 0.717) is 0 Å². The Morgan fingerprint density at radius 3 is 2.71 bits per heavy atom. The van der Waals surface area contributed by atoms with E-state index in [1.807, 2.05) is 48.1 Å². The number of hydrogen-bond donors (Lipinski definition) is 0. The normalized spacial score (nSPS) is 10.4. The number of halogens is 1. The van der Waals surface area contributed by atoms with Crippen LogP contribution in [0, 0.1) is 6.92 Å². The van der Waals surface area contributed by atoms with Crippen molar-refractivity contribution in [1.82, 2.24) is 9.78 Å². The highest BCUT2D eigenvalue weighted by Crippen LogP contribution is 2.15. The molecule has 14 heavy (non-hydrogen) atoms. The van der Waals surface area contributed by atoms with E-state index in [2.05, 4.69) is 5.10 Å². The van der Waals surface area contributed by atoms with Crippen LogP contribution in [0.1, 0.15) is 11.3 Å². The van der Waals surface area contributed by atoms with Crippen LogP contribution in [0.2, 0.25) is 5.02 Å². The summed E-state index contributed by atoms with van der Waals surface area (Å²) in [6, 6.07) is 9.81. The summed E-state index contributed by atoms with van der Waals surface area (Å²) in [5.41, 5.74) is 2.12. The minimum Gasteiger partial charge on any atom is -0.268 e. The van der Waals surface area contributed by atoms with Crippen molar-refractivity contribution in [3.63, 3.8) is 0 Å². The van der Waals surface area contributed by atoms with Crippen molar-refractivity contribution in [2.45, 2.75) is 13.5 Å². The Balaban J connectivity index is 2.23. The second kappa shape index (κ2) is 3.84. The molecule has 3 heteroatoms. The average Bonchev–Trinajstić information content (AvgIpc) is 2.56. The molecule has 1 heterocycles. The molecule has 2 aromatic rings. The molecule has 2 nitrogen and oxygen atoms in total. The minimum absolute atomic E-state index is 0.730. The number of aromatic nitrogens is 2. The highest BCUT2D eigenvalue weighted by atomic mass is 35.5. The molecule has 2 rings (SSSR count). The van der Waals surface area contributed by atoms with Crippen LogP contribution < -0.4 is 0 Å². The minimum atomic E-state index is 0.730. The van der Waals surface area contributed by atoms with Gasteiger partial charge in [0.1, 0.15) is 0 Å². The van der Waals surface area contributed by atoms with Crippen LogP contribution in [0.5, 0.6) is 0 Å².